The molecule has 2 aliphatic rings. The summed E-state index contributed by atoms with van der Waals surface area (Å²) in [6.07, 6.45) is 0. The van der Waals surface area contributed by atoms with E-state index in [-0.39, 0.29) is 24.7 Å². The average Bonchev–Trinajstić information content (AvgIpc) is 3.31. The van der Waals surface area contributed by atoms with E-state index in [0.717, 1.165) is 39.1 Å². The number of hydrogen-bond donors (Lipinski definition) is 0. The monoisotopic (exact) mass is 423 g/mol. The molecule has 0 saturated carbocycles. The highest BCUT2D eigenvalue weighted by Crippen LogP contribution is 2.51. The summed E-state index contributed by atoms with van der Waals surface area (Å²) in [6.45, 7) is 0.220. The van der Waals surface area contributed by atoms with Gasteiger partial charge >= 0.3 is 0 Å². The minimum absolute atomic E-state index is 0.0780. The van der Waals surface area contributed by atoms with Gasteiger partial charge in [-0.1, -0.05) is 48.5 Å². The zero-order valence-corrected chi connectivity index (χ0v) is 17.5. The summed E-state index contributed by atoms with van der Waals surface area (Å²) in [7, 11) is 1.63. The highest BCUT2D eigenvalue weighted by atomic mass is 16.7. The number of rotatable bonds is 4. The summed E-state index contributed by atoms with van der Waals surface area (Å²) in [5.74, 6) is 2.00. The Morgan fingerprint density at radius 2 is 1.66 bits per heavy atom. The fourth-order valence-electron chi connectivity index (χ4n) is 4.78. The zero-order chi connectivity index (χ0) is 21.7. The maximum atomic E-state index is 13.6. The molecule has 1 amide bonds. The topological polar surface area (TPSA) is 48.0 Å². The van der Waals surface area contributed by atoms with E-state index in [1.807, 2.05) is 65.6 Å². The lowest BCUT2D eigenvalue weighted by Crippen LogP contribution is -2.53. The lowest BCUT2D eigenvalue weighted by atomic mass is 9.76. The molecular weight excluding hydrogens is 402 g/mol. The predicted octanol–water partition coefficient (Wildman–Crippen LogP) is 5.45. The van der Waals surface area contributed by atoms with Gasteiger partial charge < -0.3 is 19.1 Å². The summed E-state index contributed by atoms with van der Waals surface area (Å²) in [5.41, 5.74) is 2.90. The van der Waals surface area contributed by atoms with Crippen molar-refractivity contribution in [1.29, 1.82) is 0 Å². The Morgan fingerprint density at radius 3 is 2.50 bits per heavy atom. The molecule has 2 aliphatic heterocycles. The van der Waals surface area contributed by atoms with Crippen molar-refractivity contribution in [2.75, 3.05) is 18.8 Å². The number of fused-ring (bicyclic) bond motifs is 2. The second-order valence-electron chi connectivity index (χ2n) is 8.01. The van der Waals surface area contributed by atoms with Crippen LogP contribution in [0, 0.1) is 0 Å². The number of amides is 1. The molecule has 0 aromatic heterocycles. The predicted molar refractivity (Wildman–Crippen MR) is 122 cm³/mol. The molecule has 0 unspecified atom stereocenters. The van der Waals surface area contributed by atoms with Crippen molar-refractivity contribution in [2.45, 2.75) is 12.0 Å². The number of carbonyl (C=O) groups excluding carboxylic acids is 1. The van der Waals surface area contributed by atoms with E-state index in [2.05, 4.69) is 24.3 Å². The summed E-state index contributed by atoms with van der Waals surface area (Å²) < 4.78 is 16.4. The second kappa shape index (κ2) is 7.31. The number of anilines is 1. The van der Waals surface area contributed by atoms with Crippen molar-refractivity contribution in [3.8, 4) is 17.2 Å². The van der Waals surface area contributed by atoms with Crippen molar-refractivity contribution >= 4 is 22.4 Å². The molecule has 0 spiro atoms. The van der Waals surface area contributed by atoms with Crippen LogP contribution < -0.4 is 19.1 Å². The Hall–Kier alpha value is -3.99. The van der Waals surface area contributed by atoms with Crippen molar-refractivity contribution < 1.29 is 19.0 Å². The third-order valence-electron chi connectivity index (χ3n) is 6.34. The van der Waals surface area contributed by atoms with E-state index in [0.29, 0.717) is 5.75 Å². The number of ether oxygens (including phenoxy) is 3. The van der Waals surface area contributed by atoms with Gasteiger partial charge in [-0.15, -0.1) is 0 Å². The van der Waals surface area contributed by atoms with Gasteiger partial charge in [0.25, 0.3) is 0 Å². The lowest BCUT2D eigenvalue weighted by molar-refractivity contribution is -0.126. The largest absolute Gasteiger partial charge is 0.497 e. The van der Waals surface area contributed by atoms with Gasteiger partial charge in [-0.2, -0.15) is 0 Å². The van der Waals surface area contributed by atoms with Crippen LogP contribution in [0.2, 0.25) is 0 Å². The Balaban J connectivity index is 1.48. The van der Waals surface area contributed by atoms with Crippen LogP contribution in [0.25, 0.3) is 10.8 Å². The molecule has 0 aliphatic carbocycles. The van der Waals surface area contributed by atoms with Gasteiger partial charge in [0.05, 0.1) is 19.1 Å². The third-order valence-corrected chi connectivity index (χ3v) is 6.34. The molecule has 1 saturated heterocycles. The van der Waals surface area contributed by atoms with E-state index >= 15 is 0 Å². The number of carbonyl (C=O) groups is 1. The van der Waals surface area contributed by atoms with E-state index in [1.54, 1.807) is 7.11 Å². The quantitative estimate of drug-likeness (QED) is 0.410. The molecule has 6 rings (SSSR count). The van der Waals surface area contributed by atoms with Crippen molar-refractivity contribution in [1.82, 2.24) is 0 Å². The molecule has 0 radical (unpaired) electrons. The molecule has 4 aromatic rings. The minimum Gasteiger partial charge on any atom is -0.497 e. The van der Waals surface area contributed by atoms with Crippen LogP contribution in [-0.2, 0) is 4.79 Å². The fraction of sp³-hybridized carbons (Fsp3) is 0.148. The van der Waals surface area contributed by atoms with Crippen molar-refractivity contribution in [3.63, 3.8) is 0 Å². The molecule has 5 nitrogen and oxygen atoms in total. The first-order chi connectivity index (χ1) is 15.7. The highest BCUT2D eigenvalue weighted by Gasteiger charge is 2.50. The molecule has 32 heavy (non-hydrogen) atoms. The minimum atomic E-state index is -0.288. The first-order valence-electron chi connectivity index (χ1n) is 10.6. The molecule has 0 N–H and O–H groups in total. The van der Waals surface area contributed by atoms with E-state index in [4.69, 9.17) is 14.2 Å². The van der Waals surface area contributed by atoms with Crippen LogP contribution in [0.1, 0.15) is 23.1 Å². The molecule has 0 bridgehead atoms. The van der Waals surface area contributed by atoms with Crippen LogP contribution in [0.4, 0.5) is 5.69 Å². The smallest absolute Gasteiger partial charge is 0.237 e. The summed E-state index contributed by atoms with van der Waals surface area (Å²) in [4.78, 5) is 15.5. The average molecular weight is 423 g/mol. The molecule has 1 fully saturated rings. The van der Waals surface area contributed by atoms with Gasteiger partial charge in [-0.25, -0.2) is 0 Å². The third kappa shape index (κ3) is 2.82. The van der Waals surface area contributed by atoms with Crippen LogP contribution in [-0.4, -0.2) is 19.8 Å². The van der Waals surface area contributed by atoms with Gasteiger partial charge in [0.15, 0.2) is 11.5 Å². The summed E-state index contributed by atoms with van der Waals surface area (Å²) >= 11 is 0. The molecule has 4 aromatic carbocycles. The number of benzene rings is 4. The molecular formula is C27H21NO4. The number of methoxy groups -OCH3 is 1. The Labute approximate surface area is 185 Å². The van der Waals surface area contributed by atoms with Gasteiger partial charge in [0.1, 0.15) is 5.75 Å². The lowest BCUT2D eigenvalue weighted by Gasteiger charge is -2.48. The molecule has 2 heterocycles. The van der Waals surface area contributed by atoms with Gasteiger partial charge in [0, 0.05) is 5.69 Å². The van der Waals surface area contributed by atoms with E-state index in [9.17, 15) is 4.79 Å². The van der Waals surface area contributed by atoms with Crippen LogP contribution in [0.5, 0.6) is 17.2 Å². The number of hydrogen-bond acceptors (Lipinski definition) is 4. The first kappa shape index (κ1) is 18.8. The summed E-state index contributed by atoms with van der Waals surface area (Å²) in [5, 5.41) is 2.23. The van der Waals surface area contributed by atoms with E-state index in [1.165, 1.54) is 0 Å². The Bertz CT molecular complexity index is 1330. The number of nitrogens with zero attached hydrogens (tertiary/aromatic N) is 1. The van der Waals surface area contributed by atoms with Crippen molar-refractivity contribution in [3.05, 3.63) is 96.1 Å². The zero-order valence-electron chi connectivity index (χ0n) is 17.5. The van der Waals surface area contributed by atoms with Crippen LogP contribution >= 0.6 is 0 Å². The molecule has 5 heteroatoms. The standard InChI is InChI=1S/C27H21NO4/c1-30-20-12-10-19(11-13-20)28-26(18-9-14-23-24(15-18)32-16-31-23)25(27(28)29)22-8-4-6-17-5-2-3-7-21(17)22/h2-15,25-26H,16H2,1H3/t25-,26-/m0/s1. The SMILES string of the molecule is COc1ccc(N2C(=O)[C@@H](c3cccc4ccccc34)[C@@H]2c2ccc3c(c2)OCO3)cc1. The fourth-order valence-corrected chi connectivity index (χ4v) is 4.78. The van der Waals surface area contributed by atoms with Gasteiger partial charge in [0.2, 0.25) is 12.7 Å². The normalized spacial score (nSPS) is 19.2. The van der Waals surface area contributed by atoms with E-state index < -0.39 is 0 Å². The Morgan fingerprint density at radius 1 is 0.875 bits per heavy atom. The maximum Gasteiger partial charge on any atom is 0.237 e. The molecule has 158 valence electrons. The first-order valence-corrected chi connectivity index (χ1v) is 10.6. The molecule has 2 atom stereocenters. The number of β-lactam (4-membered cyclic amide) rings is 1. The second-order valence-corrected chi connectivity index (χ2v) is 8.01. The van der Waals surface area contributed by atoms with Gasteiger partial charge in [-0.05, 0) is 58.3 Å². The summed E-state index contributed by atoms with van der Waals surface area (Å²) in [6, 6.07) is 27.8. The van der Waals surface area contributed by atoms with Crippen LogP contribution in [0.3, 0.4) is 0 Å². The Kier molecular flexibility index (Phi) is 4.28. The van der Waals surface area contributed by atoms with Crippen LogP contribution in [0.15, 0.2) is 84.9 Å². The maximum absolute atomic E-state index is 13.6. The van der Waals surface area contributed by atoms with Crippen molar-refractivity contribution in [2.24, 2.45) is 0 Å². The van der Waals surface area contributed by atoms with Gasteiger partial charge in [-0.3, -0.25) is 4.79 Å². The highest BCUT2D eigenvalue weighted by molar-refractivity contribution is 6.09.